The van der Waals surface area contributed by atoms with Crippen LogP contribution in [0.1, 0.15) is 0 Å². The highest BCUT2D eigenvalue weighted by atomic mass is 28.4. The van der Waals surface area contributed by atoms with E-state index in [2.05, 4.69) is 78.6 Å². The predicted molar refractivity (Wildman–Crippen MR) is 147 cm³/mol. The lowest BCUT2D eigenvalue weighted by Crippen LogP contribution is -2.55. The molecule has 0 bridgehead atoms. The van der Waals surface area contributed by atoms with E-state index in [1.54, 1.807) is 0 Å². The first-order valence-electron chi connectivity index (χ1n) is 12.0. The Kier molecular flexibility index (Phi) is 10.2. The maximum absolute atomic E-state index is 13.4. The van der Waals surface area contributed by atoms with Crippen molar-refractivity contribution in [2.45, 2.75) is 129 Å². The molecule has 1 aliphatic rings. The van der Waals surface area contributed by atoms with Gasteiger partial charge in [0.05, 0.1) is 0 Å². The molecule has 0 aliphatic carbocycles. The second kappa shape index (κ2) is 10.8. The van der Waals surface area contributed by atoms with E-state index in [1.807, 2.05) is 19.6 Å². The van der Waals surface area contributed by atoms with Crippen molar-refractivity contribution < 1.29 is 31.7 Å². The molecule has 0 aromatic carbocycles. The van der Waals surface area contributed by atoms with Gasteiger partial charge in [-0.2, -0.15) is 0 Å². The fraction of sp³-hybridized carbons (Fsp3) is 0.952. The van der Waals surface area contributed by atoms with Crippen LogP contribution in [0, 0.1) is 0 Å². The second-order valence-corrected chi connectivity index (χ2v) is 36.0. The van der Waals surface area contributed by atoms with Gasteiger partial charge < -0.3 is 26.9 Å². The van der Waals surface area contributed by atoms with Crippen LogP contribution in [0.5, 0.6) is 0 Å². The van der Waals surface area contributed by atoms with Crippen molar-refractivity contribution in [2.75, 3.05) is 0 Å². The summed E-state index contributed by atoms with van der Waals surface area (Å²) in [6.07, 6.45) is -3.04. The minimum Gasteiger partial charge on any atom is -0.518 e. The standard InChI is InChI=1S/C21H50O7Si5/c1-29(2,3)24-17-16(18(25-30(4,5)6)20(22)27-32(10,11)12)23-21(28-33(13,14)15)19(17)26-31(7,8)9/h16-19,21H,1-15H3/t16-,17-,18+,19+,21?/m0/s1. The van der Waals surface area contributed by atoms with Crippen molar-refractivity contribution >= 4 is 47.6 Å². The molecule has 7 nitrogen and oxygen atoms in total. The topological polar surface area (TPSA) is 72.5 Å². The van der Waals surface area contributed by atoms with Crippen LogP contribution >= 0.6 is 0 Å². The third kappa shape index (κ3) is 12.2. The second-order valence-electron chi connectivity index (χ2n) is 13.8. The molecule has 0 N–H and O–H groups in total. The Morgan fingerprint density at radius 2 is 1.03 bits per heavy atom. The maximum Gasteiger partial charge on any atom is 0.323 e. The monoisotopic (exact) mass is 554 g/mol. The minimum absolute atomic E-state index is 0.369. The molecule has 0 aromatic heterocycles. The molecule has 0 amide bonds. The van der Waals surface area contributed by atoms with E-state index in [0.717, 1.165) is 0 Å². The van der Waals surface area contributed by atoms with E-state index in [-0.39, 0.29) is 5.97 Å². The van der Waals surface area contributed by atoms with Gasteiger partial charge in [0.1, 0.15) is 18.3 Å². The maximum atomic E-state index is 13.4. The summed E-state index contributed by atoms with van der Waals surface area (Å²) in [5.41, 5.74) is 0. The predicted octanol–water partition coefficient (Wildman–Crippen LogP) is 5.60. The van der Waals surface area contributed by atoms with Crippen molar-refractivity contribution in [2.24, 2.45) is 0 Å². The van der Waals surface area contributed by atoms with Gasteiger partial charge in [-0.3, -0.25) is 4.79 Å². The summed E-state index contributed by atoms with van der Waals surface area (Å²) in [6.45, 7) is 31.4. The van der Waals surface area contributed by atoms with E-state index in [1.165, 1.54) is 0 Å². The third-order valence-electron chi connectivity index (χ3n) is 4.07. The van der Waals surface area contributed by atoms with Crippen LogP contribution < -0.4 is 0 Å². The quantitative estimate of drug-likeness (QED) is 0.308. The van der Waals surface area contributed by atoms with Crippen molar-refractivity contribution in [3.8, 4) is 0 Å². The van der Waals surface area contributed by atoms with Gasteiger partial charge in [-0.05, 0) is 98.2 Å². The number of hydrogen-bond acceptors (Lipinski definition) is 7. The van der Waals surface area contributed by atoms with Gasteiger partial charge >= 0.3 is 5.97 Å². The molecule has 1 rings (SSSR count). The average Bonchev–Trinajstić information content (AvgIpc) is 2.75. The van der Waals surface area contributed by atoms with Crippen LogP contribution in [0.2, 0.25) is 98.2 Å². The van der Waals surface area contributed by atoms with Crippen LogP contribution in [0.25, 0.3) is 0 Å². The Balaban J connectivity index is 3.53. The fourth-order valence-electron chi connectivity index (χ4n) is 3.40. The van der Waals surface area contributed by atoms with Gasteiger partial charge in [0.25, 0.3) is 0 Å². The van der Waals surface area contributed by atoms with Gasteiger partial charge in [-0.1, -0.05) is 0 Å². The van der Waals surface area contributed by atoms with Crippen molar-refractivity contribution in [3.05, 3.63) is 0 Å². The van der Waals surface area contributed by atoms with Gasteiger partial charge in [-0.25, -0.2) is 0 Å². The molecule has 0 saturated carbocycles. The molecular weight excluding hydrogens is 505 g/mol. The number of carbonyl (C=O) groups is 1. The molecule has 5 atom stereocenters. The van der Waals surface area contributed by atoms with Gasteiger partial charge in [0.2, 0.25) is 8.32 Å². The normalized spacial score (nSPS) is 26.4. The highest BCUT2D eigenvalue weighted by Gasteiger charge is 2.56. The first-order valence-corrected chi connectivity index (χ1v) is 29.0. The van der Waals surface area contributed by atoms with Crippen LogP contribution in [0.4, 0.5) is 0 Å². The zero-order chi connectivity index (χ0) is 26.2. The van der Waals surface area contributed by atoms with E-state index in [9.17, 15) is 4.79 Å². The Labute approximate surface area is 207 Å². The van der Waals surface area contributed by atoms with Crippen LogP contribution in [-0.4, -0.2) is 78.3 Å². The zero-order valence-corrected chi connectivity index (χ0v) is 28.7. The first kappa shape index (κ1) is 31.4. The van der Waals surface area contributed by atoms with E-state index in [4.69, 9.17) is 26.9 Å². The molecular formula is C21H50O7Si5. The van der Waals surface area contributed by atoms with Gasteiger partial charge in [0.15, 0.2) is 45.7 Å². The van der Waals surface area contributed by atoms with E-state index >= 15 is 0 Å². The molecule has 1 aliphatic heterocycles. The number of hydrogen-bond donors (Lipinski definition) is 0. The molecule has 33 heavy (non-hydrogen) atoms. The van der Waals surface area contributed by atoms with Crippen LogP contribution in [0.3, 0.4) is 0 Å². The molecule has 0 spiro atoms. The lowest BCUT2D eigenvalue weighted by atomic mass is 10.1. The summed E-state index contributed by atoms with van der Waals surface area (Å²) in [5, 5.41) is 0. The molecule has 0 radical (unpaired) electrons. The van der Waals surface area contributed by atoms with Gasteiger partial charge in [-0.15, -0.1) is 0 Å². The first-order chi connectivity index (χ1) is 14.4. The number of ether oxygens (including phenoxy) is 1. The summed E-state index contributed by atoms with van der Waals surface area (Å²) in [5.74, 6) is -0.369. The highest BCUT2D eigenvalue weighted by Crippen LogP contribution is 2.36. The zero-order valence-electron chi connectivity index (χ0n) is 23.7. The largest absolute Gasteiger partial charge is 0.518 e. The molecule has 12 heteroatoms. The Hall–Kier alpha value is 0.354. The number of rotatable bonds is 11. The Bertz CT molecular complexity index is 656. The molecule has 1 unspecified atom stereocenters. The summed E-state index contributed by atoms with van der Waals surface area (Å²) in [4.78, 5) is 13.4. The summed E-state index contributed by atoms with van der Waals surface area (Å²) < 4.78 is 38.6. The van der Waals surface area contributed by atoms with E-state index in [0.29, 0.717) is 0 Å². The van der Waals surface area contributed by atoms with Crippen LogP contribution in [0.15, 0.2) is 0 Å². The highest BCUT2D eigenvalue weighted by molar-refractivity contribution is 6.72. The molecule has 1 fully saturated rings. The molecule has 1 heterocycles. The summed E-state index contributed by atoms with van der Waals surface area (Å²) in [6, 6.07) is 0. The van der Waals surface area contributed by atoms with E-state index < -0.39 is 72.3 Å². The lowest BCUT2D eigenvalue weighted by Gasteiger charge is -2.37. The fourth-order valence-corrected chi connectivity index (χ4v) is 8.15. The molecule has 0 aromatic rings. The SMILES string of the molecule is C[Si](C)(C)OC(=O)[C@H](O[Si](C)(C)C)[C@H]1OC(O[Si](C)(C)C)[C@H](O[Si](C)(C)C)[C@H]1O[Si](C)(C)C. The number of carbonyl (C=O) groups excluding carboxylic acids is 1. The van der Waals surface area contributed by atoms with Crippen molar-refractivity contribution in [1.82, 2.24) is 0 Å². The molecule has 196 valence electrons. The Morgan fingerprint density at radius 3 is 1.39 bits per heavy atom. The summed E-state index contributed by atoms with van der Waals surface area (Å²) >= 11 is 0. The smallest absolute Gasteiger partial charge is 0.323 e. The minimum atomic E-state index is -2.14. The lowest BCUT2D eigenvalue weighted by molar-refractivity contribution is -0.162. The third-order valence-corrected chi connectivity index (χ3v) is 8.75. The van der Waals surface area contributed by atoms with Crippen molar-refractivity contribution in [3.63, 3.8) is 0 Å². The van der Waals surface area contributed by atoms with Crippen LogP contribution in [-0.2, 0) is 31.7 Å². The van der Waals surface area contributed by atoms with Crippen molar-refractivity contribution in [1.29, 1.82) is 0 Å². The molecule has 1 saturated heterocycles. The summed E-state index contributed by atoms with van der Waals surface area (Å²) in [7, 11) is -10.3. The van der Waals surface area contributed by atoms with Gasteiger partial charge in [0, 0.05) is 0 Å². The average molecular weight is 555 g/mol. The Morgan fingerprint density at radius 1 is 0.606 bits per heavy atom.